The summed E-state index contributed by atoms with van der Waals surface area (Å²) in [5.74, 6) is -0.828. The lowest BCUT2D eigenvalue weighted by Gasteiger charge is -2.22. The zero-order valence-electron chi connectivity index (χ0n) is 16.0. The number of benzene rings is 2. The number of rotatable bonds is 6. The van der Waals surface area contributed by atoms with Gasteiger partial charge in [-0.15, -0.1) is 0 Å². The van der Waals surface area contributed by atoms with Gasteiger partial charge in [0.2, 0.25) is 11.8 Å². The summed E-state index contributed by atoms with van der Waals surface area (Å²) in [6.45, 7) is 7.13. The van der Waals surface area contributed by atoms with Gasteiger partial charge in [0.05, 0.1) is 0 Å². The molecule has 0 aromatic heterocycles. The summed E-state index contributed by atoms with van der Waals surface area (Å²) in [4.78, 5) is 36.1. The van der Waals surface area contributed by atoms with E-state index in [4.69, 9.17) is 0 Å². The second-order valence-corrected chi connectivity index (χ2v) is 6.81. The van der Waals surface area contributed by atoms with Crippen LogP contribution in [0.2, 0.25) is 0 Å². The lowest BCUT2D eigenvalue weighted by atomic mass is 10.0. The highest BCUT2D eigenvalue weighted by Gasteiger charge is 2.24. The molecule has 0 saturated heterocycles. The van der Waals surface area contributed by atoms with Gasteiger partial charge in [-0.2, -0.15) is 0 Å². The van der Waals surface area contributed by atoms with E-state index in [1.807, 2.05) is 32.9 Å². The van der Waals surface area contributed by atoms with Gasteiger partial charge in [0, 0.05) is 23.9 Å². The third kappa shape index (κ3) is 5.95. The molecule has 6 nitrogen and oxygen atoms in total. The van der Waals surface area contributed by atoms with E-state index in [0.717, 1.165) is 5.56 Å². The molecule has 0 unspecified atom stereocenters. The average Bonchev–Trinajstić information content (AvgIpc) is 2.61. The lowest BCUT2D eigenvalue weighted by molar-refractivity contribution is -0.119. The Kier molecular flexibility index (Phi) is 6.71. The molecule has 2 rings (SSSR count). The van der Waals surface area contributed by atoms with Crippen molar-refractivity contribution in [1.82, 2.24) is 5.32 Å². The summed E-state index contributed by atoms with van der Waals surface area (Å²) in [5.41, 5.74) is 2.81. The number of amides is 3. The molecular formula is C21H25N3O3. The first kappa shape index (κ1) is 20.2. The Morgan fingerprint density at radius 1 is 0.815 bits per heavy atom. The summed E-state index contributed by atoms with van der Waals surface area (Å²) in [6, 6.07) is 13.3. The maximum atomic E-state index is 12.6. The van der Waals surface area contributed by atoms with Crippen LogP contribution in [-0.4, -0.2) is 23.8 Å². The minimum absolute atomic E-state index is 0.0851. The van der Waals surface area contributed by atoms with Crippen LogP contribution in [0.1, 0.15) is 36.7 Å². The van der Waals surface area contributed by atoms with Gasteiger partial charge >= 0.3 is 0 Å². The number of hydrogen-bond donors (Lipinski definition) is 3. The van der Waals surface area contributed by atoms with Crippen LogP contribution in [0.25, 0.3) is 0 Å². The van der Waals surface area contributed by atoms with Crippen LogP contribution >= 0.6 is 0 Å². The van der Waals surface area contributed by atoms with E-state index >= 15 is 0 Å². The highest BCUT2D eigenvalue weighted by molar-refractivity contribution is 6.01. The van der Waals surface area contributed by atoms with E-state index in [-0.39, 0.29) is 23.6 Å². The smallest absolute Gasteiger partial charge is 0.251 e. The first-order valence-electron chi connectivity index (χ1n) is 8.82. The molecule has 0 spiro atoms. The van der Waals surface area contributed by atoms with Crippen molar-refractivity contribution in [2.45, 2.75) is 33.7 Å². The molecule has 2 aromatic rings. The maximum absolute atomic E-state index is 12.6. The van der Waals surface area contributed by atoms with Gasteiger partial charge in [-0.25, -0.2) is 0 Å². The predicted molar refractivity (Wildman–Crippen MR) is 107 cm³/mol. The van der Waals surface area contributed by atoms with Gasteiger partial charge in [-0.1, -0.05) is 31.5 Å². The molecule has 27 heavy (non-hydrogen) atoms. The summed E-state index contributed by atoms with van der Waals surface area (Å²) in [6.07, 6.45) is 0. The van der Waals surface area contributed by atoms with Crippen molar-refractivity contribution in [3.63, 3.8) is 0 Å². The monoisotopic (exact) mass is 367 g/mol. The molecule has 6 heteroatoms. The van der Waals surface area contributed by atoms with Crippen molar-refractivity contribution in [1.29, 1.82) is 0 Å². The van der Waals surface area contributed by atoms with Crippen molar-refractivity contribution in [3.05, 3.63) is 59.7 Å². The molecular weight excluding hydrogens is 342 g/mol. The first-order valence-corrected chi connectivity index (χ1v) is 8.82. The van der Waals surface area contributed by atoms with E-state index in [1.54, 1.807) is 36.4 Å². The fourth-order valence-electron chi connectivity index (χ4n) is 2.52. The molecule has 0 aliphatic carbocycles. The van der Waals surface area contributed by atoms with Gasteiger partial charge in [-0.05, 0) is 49.2 Å². The van der Waals surface area contributed by atoms with Crippen LogP contribution in [0.5, 0.6) is 0 Å². The van der Waals surface area contributed by atoms with Gasteiger partial charge in [0.1, 0.15) is 6.04 Å². The number of aryl methyl sites for hydroxylation is 1. The molecule has 142 valence electrons. The molecule has 0 radical (unpaired) electrons. The standard InChI is InChI=1S/C21H25N3O3/c1-13(2)19(24-20(26)16-7-5-14(3)6-8-16)21(27)23-18-11-9-17(10-12-18)22-15(4)25/h5-13,19H,1-4H3,(H,22,25)(H,23,27)(H,24,26)/t19-/m1/s1. The van der Waals surface area contributed by atoms with Crippen LogP contribution in [0, 0.1) is 12.8 Å². The molecule has 0 fully saturated rings. The number of hydrogen-bond acceptors (Lipinski definition) is 3. The lowest BCUT2D eigenvalue weighted by Crippen LogP contribution is -2.47. The third-order valence-corrected chi connectivity index (χ3v) is 4.02. The van der Waals surface area contributed by atoms with Crippen LogP contribution in [-0.2, 0) is 9.59 Å². The van der Waals surface area contributed by atoms with Crippen LogP contribution in [0.3, 0.4) is 0 Å². The number of carbonyl (C=O) groups excluding carboxylic acids is 3. The molecule has 0 aliphatic rings. The quantitative estimate of drug-likeness (QED) is 0.732. The Balaban J connectivity index is 2.04. The van der Waals surface area contributed by atoms with Crippen molar-refractivity contribution in [2.75, 3.05) is 10.6 Å². The fraction of sp³-hybridized carbons (Fsp3) is 0.286. The molecule has 1 atom stereocenters. The van der Waals surface area contributed by atoms with Crippen LogP contribution < -0.4 is 16.0 Å². The van der Waals surface area contributed by atoms with Gasteiger partial charge in [-0.3, -0.25) is 14.4 Å². The zero-order chi connectivity index (χ0) is 20.0. The Labute approximate surface area is 159 Å². The maximum Gasteiger partial charge on any atom is 0.251 e. The minimum Gasteiger partial charge on any atom is -0.340 e. The SMILES string of the molecule is CC(=O)Nc1ccc(NC(=O)[C@H](NC(=O)c2ccc(C)cc2)C(C)C)cc1. The Hall–Kier alpha value is -3.15. The van der Waals surface area contributed by atoms with Crippen molar-refractivity contribution in [3.8, 4) is 0 Å². The van der Waals surface area contributed by atoms with E-state index in [1.165, 1.54) is 6.92 Å². The molecule has 2 aromatic carbocycles. The normalized spacial score (nSPS) is 11.6. The highest BCUT2D eigenvalue weighted by atomic mass is 16.2. The van der Waals surface area contributed by atoms with Crippen LogP contribution in [0.15, 0.2) is 48.5 Å². The Morgan fingerprint density at radius 2 is 1.33 bits per heavy atom. The molecule has 3 amide bonds. The van der Waals surface area contributed by atoms with Gasteiger partial charge in [0.15, 0.2) is 0 Å². The van der Waals surface area contributed by atoms with Crippen LogP contribution in [0.4, 0.5) is 11.4 Å². The van der Waals surface area contributed by atoms with Crippen molar-refractivity contribution < 1.29 is 14.4 Å². The van der Waals surface area contributed by atoms with Gasteiger partial charge in [0.25, 0.3) is 5.91 Å². The summed E-state index contributed by atoms with van der Waals surface area (Å²) >= 11 is 0. The highest BCUT2D eigenvalue weighted by Crippen LogP contribution is 2.15. The molecule has 0 aliphatic heterocycles. The van der Waals surface area contributed by atoms with Crippen molar-refractivity contribution in [2.24, 2.45) is 5.92 Å². The first-order chi connectivity index (χ1) is 12.8. The average molecular weight is 367 g/mol. The number of anilines is 2. The Morgan fingerprint density at radius 3 is 1.81 bits per heavy atom. The predicted octanol–water partition coefficient (Wildman–Crippen LogP) is 3.35. The van der Waals surface area contributed by atoms with E-state index < -0.39 is 6.04 Å². The number of carbonyl (C=O) groups is 3. The largest absolute Gasteiger partial charge is 0.340 e. The summed E-state index contributed by atoms with van der Waals surface area (Å²) in [7, 11) is 0. The Bertz CT molecular complexity index is 812. The summed E-state index contributed by atoms with van der Waals surface area (Å²) < 4.78 is 0. The molecule has 3 N–H and O–H groups in total. The fourth-order valence-corrected chi connectivity index (χ4v) is 2.52. The van der Waals surface area contributed by atoms with E-state index in [2.05, 4.69) is 16.0 Å². The van der Waals surface area contributed by atoms with Crippen molar-refractivity contribution >= 4 is 29.1 Å². The van der Waals surface area contributed by atoms with E-state index in [9.17, 15) is 14.4 Å². The third-order valence-electron chi connectivity index (χ3n) is 4.02. The molecule has 0 bridgehead atoms. The second-order valence-electron chi connectivity index (χ2n) is 6.81. The number of nitrogens with one attached hydrogen (secondary N) is 3. The molecule has 0 heterocycles. The zero-order valence-corrected chi connectivity index (χ0v) is 16.0. The van der Waals surface area contributed by atoms with Gasteiger partial charge < -0.3 is 16.0 Å². The topological polar surface area (TPSA) is 87.3 Å². The summed E-state index contributed by atoms with van der Waals surface area (Å²) in [5, 5.41) is 8.27. The van der Waals surface area contributed by atoms with E-state index in [0.29, 0.717) is 16.9 Å². The second kappa shape index (κ2) is 8.98. The molecule has 0 saturated carbocycles. The minimum atomic E-state index is -0.672.